The number of nitrogens with zero attached hydrogens (tertiary/aromatic N) is 1. The number of nitriles is 1. The second-order valence-corrected chi connectivity index (χ2v) is 6.44. The average Bonchev–Trinajstić information content (AvgIpc) is 2.69. The van der Waals surface area contributed by atoms with Gasteiger partial charge in [0.25, 0.3) is 0 Å². The average molecular weight is 394 g/mol. The Morgan fingerprint density at radius 1 is 0.889 bits per heavy atom. The normalized spacial score (nSPS) is 10.9. The zero-order valence-corrected chi connectivity index (χ0v) is 15.5. The van der Waals surface area contributed by atoms with Crippen molar-refractivity contribution in [2.24, 2.45) is 0 Å². The first-order valence-electron chi connectivity index (χ1n) is 8.01. The van der Waals surface area contributed by atoms with Gasteiger partial charge in [0.2, 0.25) is 0 Å². The predicted octanol–water partition coefficient (Wildman–Crippen LogP) is 6.28. The molecule has 0 fully saturated rings. The van der Waals surface area contributed by atoms with Gasteiger partial charge in [-0.3, -0.25) is 0 Å². The number of esters is 1. The van der Waals surface area contributed by atoms with Gasteiger partial charge in [-0.15, -0.1) is 0 Å². The first-order valence-corrected chi connectivity index (χ1v) is 8.77. The summed E-state index contributed by atoms with van der Waals surface area (Å²) in [6, 6.07) is 23.0. The van der Waals surface area contributed by atoms with E-state index in [0.717, 1.165) is 11.1 Å². The topological polar surface area (TPSA) is 50.1 Å². The Morgan fingerprint density at radius 3 is 2.37 bits per heavy atom. The first-order chi connectivity index (χ1) is 13.1. The van der Waals surface area contributed by atoms with Crippen molar-refractivity contribution in [3.63, 3.8) is 0 Å². The molecule has 0 aliphatic carbocycles. The van der Waals surface area contributed by atoms with Gasteiger partial charge in [0.15, 0.2) is 0 Å². The number of benzene rings is 3. The van der Waals surface area contributed by atoms with Crippen LogP contribution in [0.15, 0.2) is 72.8 Å². The van der Waals surface area contributed by atoms with Crippen LogP contribution in [0.25, 0.3) is 11.6 Å². The third-order valence-corrected chi connectivity index (χ3v) is 4.48. The van der Waals surface area contributed by atoms with E-state index in [2.05, 4.69) is 6.07 Å². The van der Waals surface area contributed by atoms with Crippen LogP contribution in [0.1, 0.15) is 21.5 Å². The molecule has 27 heavy (non-hydrogen) atoms. The second-order valence-electron chi connectivity index (χ2n) is 5.63. The monoisotopic (exact) mass is 393 g/mol. The Balaban J connectivity index is 1.83. The van der Waals surface area contributed by atoms with E-state index in [0.29, 0.717) is 21.9 Å². The molecule has 0 bridgehead atoms. The smallest absolute Gasteiger partial charge is 0.343 e. The maximum absolute atomic E-state index is 12.3. The van der Waals surface area contributed by atoms with Gasteiger partial charge in [-0.25, -0.2) is 4.79 Å². The number of rotatable bonds is 4. The Kier molecular flexibility index (Phi) is 5.93. The lowest BCUT2D eigenvalue weighted by Crippen LogP contribution is -2.08. The quantitative estimate of drug-likeness (QED) is 0.227. The van der Waals surface area contributed by atoms with Crippen LogP contribution >= 0.6 is 23.2 Å². The van der Waals surface area contributed by atoms with Crippen LogP contribution in [0.3, 0.4) is 0 Å². The summed E-state index contributed by atoms with van der Waals surface area (Å²) >= 11 is 11.8. The Morgan fingerprint density at radius 2 is 1.67 bits per heavy atom. The van der Waals surface area contributed by atoms with Crippen LogP contribution in [0.5, 0.6) is 5.75 Å². The van der Waals surface area contributed by atoms with Crippen LogP contribution < -0.4 is 4.74 Å². The molecule has 5 heteroatoms. The summed E-state index contributed by atoms with van der Waals surface area (Å²) < 4.78 is 5.40. The fraction of sp³-hybridized carbons (Fsp3) is 0. The number of hydrogen-bond acceptors (Lipinski definition) is 3. The number of hydrogen-bond donors (Lipinski definition) is 0. The van der Waals surface area contributed by atoms with Crippen molar-refractivity contribution in [3.8, 4) is 11.8 Å². The van der Waals surface area contributed by atoms with Crippen LogP contribution in [0, 0.1) is 11.3 Å². The van der Waals surface area contributed by atoms with Crippen LogP contribution in [-0.4, -0.2) is 5.97 Å². The van der Waals surface area contributed by atoms with Gasteiger partial charge in [0, 0.05) is 0 Å². The van der Waals surface area contributed by atoms with Crippen molar-refractivity contribution >= 4 is 40.8 Å². The second kappa shape index (κ2) is 8.55. The molecule has 3 rings (SSSR count). The van der Waals surface area contributed by atoms with Gasteiger partial charge in [0.05, 0.1) is 27.3 Å². The molecule has 0 amide bonds. The van der Waals surface area contributed by atoms with E-state index >= 15 is 0 Å². The largest absolute Gasteiger partial charge is 0.423 e. The van der Waals surface area contributed by atoms with Crippen LogP contribution in [-0.2, 0) is 0 Å². The van der Waals surface area contributed by atoms with Crippen molar-refractivity contribution in [1.82, 2.24) is 0 Å². The van der Waals surface area contributed by atoms with Crippen LogP contribution in [0.4, 0.5) is 0 Å². The van der Waals surface area contributed by atoms with Gasteiger partial charge in [-0.1, -0.05) is 65.7 Å². The number of carbonyl (C=O) groups excluding carboxylic acids is 1. The van der Waals surface area contributed by atoms with Crippen molar-refractivity contribution in [2.75, 3.05) is 0 Å². The van der Waals surface area contributed by atoms with Gasteiger partial charge >= 0.3 is 5.97 Å². The maximum Gasteiger partial charge on any atom is 0.343 e. The molecular weight excluding hydrogens is 381 g/mol. The minimum Gasteiger partial charge on any atom is -0.423 e. The number of ether oxygens (including phenoxy) is 1. The van der Waals surface area contributed by atoms with Crippen molar-refractivity contribution in [3.05, 3.63) is 99.5 Å². The summed E-state index contributed by atoms with van der Waals surface area (Å²) in [7, 11) is 0. The van der Waals surface area contributed by atoms with E-state index in [9.17, 15) is 10.1 Å². The van der Waals surface area contributed by atoms with Crippen LogP contribution in [0.2, 0.25) is 10.0 Å². The van der Waals surface area contributed by atoms with E-state index in [1.807, 2.05) is 36.4 Å². The summed E-state index contributed by atoms with van der Waals surface area (Å²) in [5.74, 6) is -0.177. The van der Waals surface area contributed by atoms with Crippen molar-refractivity contribution in [2.45, 2.75) is 0 Å². The summed E-state index contributed by atoms with van der Waals surface area (Å²) in [5.41, 5.74) is 2.38. The molecule has 3 aromatic rings. The lowest BCUT2D eigenvalue weighted by atomic mass is 10.0. The van der Waals surface area contributed by atoms with Crippen molar-refractivity contribution < 1.29 is 9.53 Å². The highest BCUT2D eigenvalue weighted by molar-refractivity contribution is 6.42. The van der Waals surface area contributed by atoms with E-state index in [1.165, 1.54) is 6.07 Å². The van der Waals surface area contributed by atoms with E-state index < -0.39 is 5.97 Å². The van der Waals surface area contributed by atoms with Crippen molar-refractivity contribution in [1.29, 1.82) is 5.26 Å². The predicted molar refractivity (Wildman–Crippen MR) is 108 cm³/mol. The Labute approximate surface area is 167 Å². The minimum atomic E-state index is -0.543. The molecule has 0 unspecified atom stereocenters. The summed E-state index contributed by atoms with van der Waals surface area (Å²) in [6.45, 7) is 0. The van der Waals surface area contributed by atoms with E-state index in [4.69, 9.17) is 27.9 Å². The van der Waals surface area contributed by atoms with Gasteiger partial charge < -0.3 is 4.74 Å². The highest BCUT2D eigenvalue weighted by atomic mass is 35.5. The summed E-state index contributed by atoms with van der Waals surface area (Å²) in [4.78, 5) is 12.3. The fourth-order valence-electron chi connectivity index (χ4n) is 2.42. The molecule has 0 atom stereocenters. The molecule has 0 radical (unpaired) electrons. The highest BCUT2D eigenvalue weighted by Crippen LogP contribution is 2.24. The molecule has 0 heterocycles. The Bertz CT molecular complexity index is 1050. The molecule has 0 aromatic heterocycles. The molecule has 0 saturated heterocycles. The highest BCUT2D eigenvalue weighted by Gasteiger charge is 2.11. The maximum atomic E-state index is 12.3. The molecule has 0 spiro atoms. The third kappa shape index (κ3) is 4.77. The molecular formula is C22H13Cl2NO2. The van der Waals surface area contributed by atoms with Gasteiger partial charge in [-0.2, -0.15) is 5.26 Å². The third-order valence-electron chi connectivity index (χ3n) is 3.74. The SMILES string of the molecule is N#C/C(=C/c1cccc(OC(=O)c2ccc(Cl)c(Cl)c2)c1)c1ccccc1. The van der Waals surface area contributed by atoms with E-state index in [1.54, 1.807) is 36.4 Å². The fourth-order valence-corrected chi connectivity index (χ4v) is 2.72. The minimum absolute atomic E-state index is 0.282. The lowest BCUT2D eigenvalue weighted by Gasteiger charge is -2.06. The Hall–Kier alpha value is -3.06. The first kappa shape index (κ1) is 18.7. The number of halogens is 2. The standard InChI is InChI=1S/C22H13Cl2NO2/c23-20-10-9-17(13-21(20)24)22(26)27-19-8-4-5-15(12-19)11-18(14-25)16-6-2-1-3-7-16/h1-13H/b18-11-. The molecule has 3 aromatic carbocycles. The molecule has 0 aliphatic rings. The lowest BCUT2D eigenvalue weighted by molar-refractivity contribution is 0.0735. The number of allylic oxidation sites excluding steroid dienone is 1. The zero-order valence-electron chi connectivity index (χ0n) is 14.0. The molecule has 0 saturated carbocycles. The molecule has 0 N–H and O–H groups in total. The van der Waals surface area contributed by atoms with Gasteiger partial charge in [-0.05, 0) is 47.5 Å². The summed E-state index contributed by atoms with van der Waals surface area (Å²) in [6.07, 6.45) is 1.74. The number of carbonyl (C=O) groups is 1. The molecule has 0 aliphatic heterocycles. The van der Waals surface area contributed by atoms with E-state index in [-0.39, 0.29) is 5.02 Å². The summed E-state index contributed by atoms with van der Waals surface area (Å²) in [5, 5.41) is 10.1. The molecule has 3 nitrogen and oxygen atoms in total. The van der Waals surface area contributed by atoms with Gasteiger partial charge in [0.1, 0.15) is 5.75 Å². The zero-order chi connectivity index (χ0) is 19.2. The molecule has 132 valence electrons.